The second-order valence-corrected chi connectivity index (χ2v) is 6.76. The van der Waals surface area contributed by atoms with Crippen molar-refractivity contribution in [3.8, 4) is 6.07 Å². The first-order valence-corrected chi connectivity index (χ1v) is 9.40. The standard InChI is InChI=1S/C19H25N7O/c1-4-14-15(11-20)17(24-23-16(14)5-2)22-13-7-6-9-26(12-13)18-19(27)25(3)10-8-21-18/h8,10,13H,4-7,9,12H2,1-3H3,(H,22,24)/t13-/m0/s1. The minimum Gasteiger partial charge on any atom is -0.363 e. The van der Waals surface area contributed by atoms with E-state index in [9.17, 15) is 10.1 Å². The number of nitrogens with one attached hydrogen (secondary N) is 1. The third kappa shape index (κ3) is 3.77. The quantitative estimate of drug-likeness (QED) is 0.857. The van der Waals surface area contributed by atoms with Crippen molar-refractivity contribution in [1.82, 2.24) is 19.7 Å². The van der Waals surface area contributed by atoms with E-state index < -0.39 is 0 Å². The zero-order chi connectivity index (χ0) is 19.4. The lowest BCUT2D eigenvalue weighted by molar-refractivity contribution is 0.521. The molecule has 8 heteroatoms. The topological polar surface area (TPSA) is 99.7 Å². The number of rotatable bonds is 5. The van der Waals surface area contributed by atoms with Crippen molar-refractivity contribution in [1.29, 1.82) is 5.26 Å². The highest BCUT2D eigenvalue weighted by atomic mass is 16.1. The summed E-state index contributed by atoms with van der Waals surface area (Å²) in [5, 5.41) is 21.6. The van der Waals surface area contributed by atoms with Crippen molar-refractivity contribution in [2.75, 3.05) is 23.3 Å². The summed E-state index contributed by atoms with van der Waals surface area (Å²) < 4.78 is 1.54. The van der Waals surface area contributed by atoms with Crippen LogP contribution in [-0.2, 0) is 19.9 Å². The molecular formula is C19H25N7O. The predicted molar refractivity (Wildman–Crippen MR) is 104 cm³/mol. The molecule has 8 nitrogen and oxygen atoms in total. The molecular weight excluding hydrogens is 342 g/mol. The van der Waals surface area contributed by atoms with Gasteiger partial charge >= 0.3 is 0 Å². The van der Waals surface area contributed by atoms with Gasteiger partial charge in [-0.25, -0.2) is 4.98 Å². The van der Waals surface area contributed by atoms with Gasteiger partial charge in [0.1, 0.15) is 11.6 Å². The van der Waals surface area contributed by atoms with Gasteiger partial charge in [-0.15, -0.1) is 5.10 Å². The number of aromatic nitrogens is 4. The molecule has 1 aliphatic heterocycles. The van der Waals surface area contributed by atoms with Gasteiger partial charge in [-0.3, -0.25) is 4.79 Å². The highest BCUT2D eigenvalue weighted by molar-refractivity contribution is 5.57. The molecule has 1 saturated heterocycles. The second-order valence-electron chi connectivity index (χ2n) is 6.76. The van der Waals surface area contributed by atoms with E-state index in [0.29, 0.717) is 23.7 Å². The summed E-state index contributed by atoms with van der Waals surface area (Å²) in [6.45, 7) is 5.47. The summed E-state index contributed by atoms with van der Waals surface area (Å²) in [6.07, 6.45) is 6.67. The van der Waals surface area contributed by atoms with Crippen LogP contribution in [0.1, 0.15) is 43.5 Å². The second kappa shape index (κ2) is 8.16. The monoisotopic (exact) mass is 367 g/mol. The lowest BCUT2D eigenvalue weighted by Crippen LogP contribution is -2.45. The Labute approximate surface area is 158 Å². The molecule has 0 unspecified atom stereocenters. The van der Waals surface area contributed by atoms with Crippen molar-refractivity contribution >= 4 is 11.6 Å². The van der Waals surface area contributed by atoms with Crippen LogP contribution >= 0.6 is 0 Å². The third-order valence-electron chi connectivity index (χ3n) is 5.02. The molecule has 0 bridgehead atoms. The zero-order valence-corrected chi connectivity index (χ0v) is 16.1. The summed E-state index contributed by atoms with van der Waals surface area (Å²) in [5.74, 6) is 1.00. The number of anilines is 2. The van der Waals surface area contributed by atoms with Crippen LogP contribution in [0.3, 0.4) is 0 Å². The smallest absolute Gasteiger partial charge is 0.293 e. The van der Waals surface area contributed by atoms with E-state index in [0.717, 1.165) is 43.5 Å². The van der Waals surface area contributed by atoms with E-state index >= 15 is 0 Å². The molecule has 0 amide bonds. The van der Waals surface area contributed by atoms with Crippen LogP contribution in [0.15, 0.2) is 17.2 Å². The van der Waals surface area contributed by atoms with E-state index in [1.807, 2.05) is 18.7 Å². The van der Waals surface area contributed by atoms with Crippen LogP contribution in [-0.4, -0.2) is 38.9 Å². The van der Waals surface area contributed by atoms with Gasteiger partial charge in [0.05, 0.1) is 5.69 Å². The minimum absolute atomic E-state index is 0.0732. The lowest BCUT2D eigenvalue weighted by Gasteiger charge is -2.34. The maximum Gasteiger partial charge on any atom is 0.293 e. The predicted octanol–water partition coefficient (Wildman–Crippen LogP) is 1.65. The molecule has 0 radical (unpaired) electrons. The molecule has 0 spiro atoms. The number of aryl methyl sites for hydroxylation is 2. The molecule has 1 atom stereocenters. The molecule has 1 N–H and O–H groups in total. The molecule has 1 fully saturated rings. The van der Waals surface area contributed by atoms with Gasteiger partial charge in [-0.05, 0) is 31.2 Å². The number of piperidine rings is 1. The third-order valence-corrected chi connectivity index (χ3v) is 5.02. The normalized spacial score (nSPS) is 16.8. The van der Waals surface area contributed by atoms with Gasteiger partial charge in [0.25, 0.3) is 5.56 Å². The fourth-order valence-electron chi connectivity index (χ4n) is 3.58. The molecule has 142 valence electrons. The van der Waals surface area contributed by atoms with Crippen molar-refractivity contribution in [2.45, 2.75) is 45.6 Å². The van der Waals surface area contributed by atoms with E-state index in [1.165, 1.54) is 4.57 Å². The highest BCUT2D eigenvalue weighted by Crippen LogP contribution is 2.23. The average molecular weight is 367 g/mol. The van der Waals surface area contributed by atoms with Gasteiger partial charge in [0, 0.05) is 38.6 Å². The Hall–Kier alpha value is -2.95. The summed E-state index contributed by atoms with van der Waals surface area (Å²) in [6, 6.07) is 2.37. The Bertz CT molecular complexity index is 915. The van der Waals surface area contributed by atoms with Crippen molar-refractivity contribution in [3.05, 3.63) is 39.6 Å². The fourth-order valence-corrected chi connectivity index (χ4v) is 3.58. The largest absolute Gasteiger partial charge is 0.363 e. The summed E-state index contributed by atoms with van der Waals surface area (Å²) in [5.41, 5.74) is 2.32. The Morgan fingerprint density at radius 2 is 2.15 bits per heavy atom. The summed E-state index contributed by atoms with van der Waals surface area (Å²) in [4.78, 5) is 18.6. The van der Waals surface area contributed by atoms with Gasteiger partial charge < -0.3 is 14.8 Å². The van der Waals surface area contributed by atoms with E-state index in [2.05, 4.69) is 26.6 Å². The first-order chi connectivity index (χ1) is 13.1. The van der Waals surface area contributed by atoms with Crippen molar-refractivity contribution in [3.63, 3.8) is 0 Å². The first kappa shape index (κ1) is 18.8. The maximum absolute atomic E-state index is 12.4. The maximum atomic E-state index is 12.4. The minimum atomic E-state index is -0.101. The van der Waals surface area contributed by atoms with Crippen LogP contribution in [0.4, 0.5) is 11.6 Å². The Balaban J connectivity index is 1.83. The Morgan fingerprint density at radius 3 is 2.85 bits per heavy atom. The van der Waals surface area contributed by atoms with Gasteiger partial charge in [0.2, 0.25) is 0 Å². The number of nitrogens with zero attached hydrogens (tertiary/aromatic N) is 6. The molecule has 27 heavy (non-hydrogen) atoms. The highest BCUT2D eigenvalue weighted by Gasteiger charge is 2.25. The van der Waals surface area contributed by atoms with Crippen LogP contribution in [0.5, 0.6) is 0 Å². The number of nitriles is 1. The zero-order valence-electron chi connectivity index (χ0n) is 16.1. The fraction of sp³-hybridized carbons (Fsp3) is 0.526. The van der Waals surface area contributed by atoms with Gasteiger partial charge in [0.15, 0.2) is 11.6 Å². The van der Waals surface area contributed by atoms with Crippen LogP contribution in [0, 0.1) is 11.3 Å². The molecule has 0 aromatic carbocycles. The molecule has 3 heterocycles. The van der Waals surface area contributed by atoms with Crippen LogP contribution in [0.2, 0.25) is 0 Å². The van der Waals surface area contributed by atoms with Crippen molar-refractivity contribution in [2.24, 2.45) is 7.05 Å². The molecule has 3 rings (SSSR count). The van der Waals surface area contributed by atoms with Crippen LogP contribution < -0.4 is 15.8 Å². The first-order valence-electron chi connectivity index (χ1n) is 9.40. The molecule has 2 aromatic rings. The summed E-state index contributed by atoms with van der Waals surface area (Å²) >= 11 is 0. The van der Waals surface area contributed by atoms with E-state index in [4.69, 9.17) is 0 Å². The van der Waals surface area contributed by atoms with Gasteiger partial charge in [-0.2, -0.15) is 10.4 Å². The molecule has 0 aliphatic carbocycles. The van der Waals surface area contributed by atoms with Crippen molar-refractivity contribution < 1.29 is 0 Å². The Kier molecular flexibility index (Phi) is 5.69. The summed E-state index contributed by atoms with van der Waals surface area (Å²) in [7, 11) is 1.73. The molecule has 2 aromatic heterocycles. The van der Waals surface area contributed by atoms with E-state index in [-0.39, 0.29) is 11.6 Å². The Morgan fingerprint density at radius 1 is 1.33 bits per heavy atom. The SMILES string of the molecule is CCc1nnc(N[C@H]2CCCN(c3nccn(C)c3=O)C2)c(C#N)c1CC. The van der Waals surface area contributed by atoms with Crippen LogP contribution in [0.25, 0.3) is 0 Å². The average Bonchev–Trinajstić information content (AvgIpc) is 2.69. The lowest BCUT2D eigenvalue weighted by atomic mass is 10.0. The number of hydrogen-bond donors (Lipinski definition) is 1. The molecule has 0 saturated carbocycles. The van der Waals surface area contributed by atoms with E-state index in [1.54, 1.807) is 19.4 Å². The van der Waals surface area contributed by atoms with Gasteiger partial charge in [-0.1, -0.05) is 13.8 Å². The number of hydrogen-bond acceptors (Lipinski definition) is 7. The molecule has 1 aliphatic rings.